The summed E-state index contributed by atoms with van der Waals surface area (Å²) in [6, 6.07) is 15.2. The average Bonchev–Trinajstić information content (AvgIpc) is 2.59. The summed E-state index contributed by atoms with van der Waals surface area (Å²) in [5, 5.41) is 3.51. The minimum Gasteiger partial charge on any atom is -0.381 e. The third kappa shape index (κ3) is 5.60. The van der Waals surface area contributed by atoms with E-state index in [0.29, 0.717) is 0 Å². The molecule has 0 aromatic heterocycles. The lowest BCUT2D eigenvalue weighted by molar-refractivity contribution is 0.584. The summed E-state index contributed by atoms with van der Waals surface area (Å²) in [6.45, 7) is 16.7. The summed E-state index contributed by atoms with van der Waals surface area (Å²) in [6.07, 6.45) is 1.66. The molecule has 2 rings (SSSR count). The van der Waals surface area contributed by atoms with E-state index in [2.05, 4.69) is 81.7 Å². The molecule has 0 saturated carbocycles. The van der Waals surface area contributed by atoms with Crippen LogP contribution >= 0.6 is 0 Å². The Morgan fingerprint density at radius 2 is 1.54 bits per heavy atom. The van der Waals surface area contributed by atoms with E-state index < -0.39 is 0 Å². The van der Waals surface area contributed by atoms with Gasteiger partial charge in [-0.1, -0.05) is 66.8 Å². The van der Waals surface area contributed by atoms with E-state index in [-0.39, 0.29) is 12.1 Å². The van der Waals surface area contributed by atoms with Gasteiger partial charge < -0.3 is 11.1 Å². The molecule has 2 heteroatoms. The van der Waals surface area contributed by atoms with Crippen molar-refractivity contribution in [3.63, 3.8) is 0 Å². The quantitative estimate of drug-likeness (QED) is 0.674. The first kappa shape index (κ1) is 20.0. The molecule has 2 nitrogen and oxygen atoms in total. The fourth-order valence-electron chi connectivity index (χ4n) is 2.95. The number of benzene rings is 2. The Morgan fingerprint density at radius 1 is 0.923 bits per heavy atom. The lowest BCUT2D eigenvalue weighted by Crippen LogP contribution is -2.39. The van der Waals surface area contributed by atoms with Crippen molar-refractivity contribution in [3.05, 3.63) is 94.7 Å². The molecule has 2 aromatic rings. The SMILES string of the molecule is C=C(NC(Cc1ccc(C)cc1)C(=C)C)C(N)Cc1ccc(C)c(C)c1. The number of hydrogen-bond acceptors (Lipinski definition) is 2. The normalized spacial score (nSPS) is 13.1. The molecule has 0 saturated heterocycles. The molecule has 2 unspecified atom stereocenters. The lowest BCUT2D eigenvalue weighted by atomic mass is 9.97. The smallest absolute Gasteiger partial charge is 0.0506 e. The zero-order chi connectivity index (χ0) is 19.3. The zero-order valence-electron chi connectivity index (χ0n) is 16.6. The van der Waals surface area contributed by atoms with Crippen molar-refractivity contribution < 1.29 is 0 Å². The van der Waals surface area contributed by atoms with Gasteiger partial charge in [-0.05, 0) is 62.8 Å². The van der Waals surface area contributed by atoms with Gasteiger partial charge in [-0.2, -0.15) is 0 Å². The van der Waals surface area contributed by atoms with Crippen LogP contribution in [0.15, 0.2) is 66.9 Å². The summed E-state index contributed by atoms with van der Waals surface area (Å²) >= 11 is 0. The summed E-state index contributed by atoms with van der Waals surface area (Å²) in [4.78, 5) is 0. The number of nitrogens with two attached hydrogens (primary N) is 1. The van der Waals surface area contributed by atoms with Gasteiger partial charge in [0.05, 0.1) is 6.04 Å². The summed E-state index contributed by atoms with van der Waals surface area (Å²) in [7, 11) is 0. The van der Waals surface area contributed by atoms with E-state index in [4.69, 9.17) is 5.73 Å². The molecule has 0 aliphatic carbocycles. The first-order valence-corrected chi connectivity index (χ1v) is 9.24. The number of rotatable bonds is 8. The van der Waals surface area contributed by atoms with Crippen LogP contribution in [0.3, 0.4) is 0 Å². The molecule has 0 heterocycles. The highest BCUT2D eigenvalue weighted by Gasteiger charge is 2.15. The van der Waals surface area contributed by atoms with Crippen LogP contribution < -0.4 is 11.1 Å². The Morgan fingerprint density at radius 3 is 2.12 bits per heavy atom. The van der Waals surface area contributed by atoms with Crippen LogP contribution in [0.25, 0.3) is 0 Å². The standard InChI is InChI=1S/C24H32N2/c1-16(2)24(15-21-10-7-17(3)8-11-21)26-20(6)23(25)14-22-12-9-18(4)19(5)13-22/h7-13,23-24,26H,1,6,14-15,25H2,2-5H3. The Kier molecular flexibility index (Phi) is 6.82. The molecule has 2 atom stereocenters. The van der Waals surface area contributed by atoms with Crippen LogP contribution in [0, 0.1) is 20.8 Å². The largest absolute Gasteiger partial charge is 0.381 e. The third-order valence-electron chi connectivity index (χ3n) is 4.99. The highest BCUT2D eigenvalue weighted by atomic mass is 15.0. The van der Waals surface area contributed by atoms with Crippen LogP contribution in [0.2, 0.25) is 0 Å². The number of aryl methyl sites for hydroxylation is 3. The highest BCUT2D eigenvalue weighted by Crippen LogP contribution is 2.15. The van der Waals surface area contributed by atoms with E-state index in [0.717, 1.165) is 24.1 Å². The molecule has 138 valence electrons. The number of hydrogen-bond donors (Lipinski definition) is 2. The van der Waals surface area contributed by atoms with Crippen molar-refractivity contribution in [2.24, 2.45) is 5.73 Å². The van der Waals surface area contributed by atoms with Crippen molar-refractivity contribution in [1.29, 1.82) is 0 Å². The van der Waals surface area contributed by atoms with Crippen molar-refractivity contribution in [2.45, 2.75) is 52.6 Å². The molecule has 0 bridgehead atoms. The Hall–Kier alpha value is -2.32. The maximum Gasteiger partial charge on any atom is 0.0506 e. The predicted octanol–water partition coefficient (Wildman–Crippen LogP) is 4.77. The van der Waals surface area contributed by atoms with Crippen molar-refractivity contribution in [1.82, 2.24) is 5.32 Å². The molecule has 0 fully saturated rings. The molecule has 26 heavy (non-hydrogen) atoms. The van der Waals surface area contributed by atoms with Gasteiger partial charge in [0, 0.05) is 11.7 Å². The summed E-state index contributed by atoms with van der Waals surface area (Å²) in [5.41, 5.74) is 14.8. The van der Waals surface area contributed by atoms with E-state index >= 15 is 0 Å². The van der Waals surface area contributed by atoms with Gasteiger partial charge in [-0.3, -0.25) is 0 Å². The first-order valence-electron chi connectivity index (χ1n) is 9.24. The van der Waals surface area contributed by atoms with Gasteiger partial charge in [0.2, 0.25) is 0 Å². The van der Waals surface area contributed by atoms with E-state index in [1.165, 1.54) is 27.8 Å². The monoisotopic (exact) mass is 348 g/mol. The average molecular weight is 349 g/mol. The molecular weight excluding hydrogens is 316 g/mol. The Labute approximate surface area is 158 Å². The summed E-state index contributed by atoms with van der Waals surface area (Å²) < 4.78 is 0. The second kappa shape index (κ2) is 8.86. The summed E-state index contributed by atoms with van der Waals surface area (Å²) in [5.74, 6) is 0. The molecule has 3 N–H and O–H groups in total. The molecule has 0 aliphatic rings. The number of nitrogens with one attached hydrogen (secondary N) is 1. The van der Waals surface area contributed by atoms with Crippen molar-refractivity contribution in [3.8, 4) is 0 Å². The highest BCUT2D eigenvalue weighted by molar-refractivity contribution is 5.31. The predicted molar refractivity (Wildman–Crippen MR) is 113 cm³/mol. The Bertz CT molecular complexity index is 771. The van der Waals surface area contributed by atoms with Crippen molar-refractivity contribution >= 4 is 0 Å². The minimum absolute atomic E-state index is 0.128. The molecule has 2 aromatic carbocycles. The van der Waals surface area contributed by atoms with Crippen LogP contribution in [-0.2, 0) is 12.8 Å². The van der Waals surface area contributed by atoms with Gasteiger partial charge in [0.25, 0.3) is 0 Å². The van der Waals surface area contributed by atoms with E-state index in [1.54, 1.807) is 0 Å². The van der Waals surface area contributed by atoms with Crippen molar-refractivity contribution in [2.75, 3.05) is 0 Å². The Balaban J connectivity index is 2.00. The fraction of sp³-hybridized carbons (Fsp3) is 0.333. The van der Waals surface area contributed by atoms with Gasteiger partial charge in [-0.25, -0.2) is 0 Å². The van der Waals surface area contributed by atoms with Gasteiger partial charge >= 0.3 is 0 Å². The fourth-order valence-corrected chi connectivity index (χ4v) is 2.95. The first-order chi connectivity index (χ1) is 12.3. The third-order valence-corrected chi connectivity index (χ3v) is 4.99. The van der Waals surface area contributed by atoms with Gasteiger partial charge in [-0.15, -0.1) is 0 Å². The van der Waals surface area contributed by atoms with Crippen LogP contribution in [0.1, 0.15) is 34.7 Å². The molecular formula is C24H32N2. The maximum absolute atomic E-state index is 6.41. The molecule has 0 radical (unpaired) electrons. The van der Waals surface area contributed by atoms with Crippen LogP contribution in [0.4, 0.5) is 0 Å². The zero-order valence-corrected chi connectivity index (χ0v) is 16.6. The molecule has 0 aliphatic heterocycles. The second-order valence-electron chi connectivity index (χ2n) is 7.49. The topological polar surface area (TPSA) is 38.0 Å². The van der Waals surface area contributed by atoms with E-state index in [9.17, 15) is 0 Å². The van der Waals surface area contributed by atoms with Gasteiger partial charge in [0.1, 0.15) is 0 Å². The second-order valence-corrected chi connectivity index (χ2v) is 7.49. The van der Waals surface area contributed by atoms with E-state index in [1.807, 2.05) is 6.92 Å². The lowest BCUT2D eigenvalue weighted by Gasteiger charge is -2.25. The van der Waals surface area contributed by atoms with Crippen LogP contribution in [-0.4, -0.2) is 12.1 Å². The van der Waals surface area contributed by atoms with Gasteiger partial charge in [0.15, 0.2) is 0 Å². The molecule has 0 amide bonds. The molecule has 0 spiro atoms. The minimum atomic E-state index is -0.128. The van der Waals surface area contributed by atoms with Crippen LogP contribution in [0.5, 0.6) is 0 Å². The maximum atomic E-state index is 6.41.